The minimum Gasteiger partial charge on any atom is -0.343 e. The third kappa shape index (κ3) is 5.59. The quantitative estimate of drug-likeness (QED) is 0.805. The van der Waals surface area contributed by atoms with E-state index in [1.807, 2.05) is 0 Å². The fourth-order valence-electron chi connectivity index (χ4n) is 2.74. The molecule has 0 aliphatic carbocycles. The molecule has 1 aliphatic rings. The smallest absolute Gasteiger partial charge is 0.343 e. The number of hydrogen-bond acceptors (Lipinski definition) is 3. The van der Waals surface area contributed by atoms with E-state index in [4.69, 9.17) is 11.6 Å². The molecular weight excluding hydrogens is 393 g/mol. The minimum absolute atomic E-state index is 0.0427. The topological polar surface area (TPSA) is 66.5 Å². The third-order valence-corrected chi connectivity index (χ3v) is 5.93. The molecule has 1 aromatic rings. The van der Waals surface area contributed by atoms with Gasteiger partial charge in [-0.05, 0) is 31.0 Å². The molecule has 0 bridgehead atoms. The molecule has 0 aromatic heterocycles. The predicted octanol–water partition coefficient (Wildman–Crippen LogP) is 3.43. The Morgan fingerprint density at radius 3 is 2.35 bits per heavy atom. The van der Waals surface area contributed by atoms with Gasteiger partial charge in [0.25, 0.3) is 0 Å². The minimum atomic E-state index is -4.76. The van der Waals surface area contributed by atoms with Gasteiger partial charge in [-0.15, -0.1) is 0 Å². The number of nitrogens with one attached hydrogen (secondary N) is 1. The molecular formula is C16H20ClF3N2O3S. The van der Waals surface area contributed by atoms with Crippen LogP contribution in [0.2, 0.25) is 5.02 Å². The average molecular weight is 413 g/mol. The molecule has 1 heterocycles. The standard InChI is InChI=1S/C16H20ClF3N2O3S/c17-14-6-5-12(11-13(14)16(18,19)20)26(24,25)21-8-7-15(23)22-9-3-1-2-4-10-22/h5-6,11,21H,1-4,7-10H2. The Balaban J connectivity index is 1.99. The maximum Gasteiger partial charge on any atom is 0.417 e. The summed E-state index contributed by atoms with van der Waals surface area (Å²) in [6, 6.07) is 2.37. The summed E-state index contributed by atoms with van der Waals surface area (Å²) in [6.07, 6.45) is -0.835. The normalized spacial score (nSPS) is 16.4. The second kappa shape index (κ2) is 8.58. The highest BCUT2D eigenvalue weighted by Crippen LogP contribution is 2.35. The van der Waals surface area contributed by atoms with Gasteiger partial charge >= 0.3 is 6.18 Å². The molecule has 1 aromatic carbocycles. The molecule has 0 atom stereocenters. The molecule has 0 spiro atoms. The molecule has 2 rings (SSSR count). The summed E-state index contributed by atoms with van der Waals surface area (Å²) < 4.78 is 65.1. The van der Waals surface area contributed by atoms with Crippen molar-refractivity contribution in [3.63, 3.8) is 0 Å². The molecule has 1 fully saturated rings. The van der Waals surface area contributed by atoms with Crippen molar-refractivity contribution in [3.05, 3.63) is 28.8 Å². The van der Waals surface area contributed by atoms with Crippen LogP contribution in [0.25, 0.3) is 0 Å². The van der Waals surface area contributed by atoms with Crippen molar-refractivity contribution >= 4 is 27.5 Å². The summed E-state index contributed by atoms with van der Waals surface area (Å²) in [4.78, 5) is 13.3. The van der Waals surface area contributed by atoms with Gasteiger partial charge in [0.1, 0.15) is 0 Å². The van der Waals surface area contributed by atoms with E-state index < -0.39 is 31.7 Å². The number of amides is 1. The van der Waals surface area contributed by atoms with E-state index in [-0.39, 0.29) is 18.9 Å². The first kappa shape index (κ1) is 21.0. The second-order valence-corrected chi connectivity index (χ2v) is 8.26. The van der Waals surface area contributed by atoms with Crippen LogP contribution in [0.15, 0.2) is 23.1 Å². The van der Waals surface area contributed by atoms with Gasteiger partial charge in [-0.25, -0.2) is 13.1 Å². The number of benzene rings is 1. The number of carbonyl (C=O) groups is 1. The summed E-state index contributed by atoms with van der Waals surface area (Å²) >= 11 is 5.49. The van der Waals surface area contributed by atoms with Gasteiger partial charge < -0.3 is 4.90 Å². The summed E-state index contributed by atoms with van der Waals surface area (Å²) in [5, 5.41) is -0.576. The van der Waals surface area contributed by atoms with Gasteiger partial charge in [0.2, 0.25) is 15.9 Å². The first-order valence-electron chi connectivity index (χ1n) is 8.25. The highest BCUT2D eigenvalue weighted by Gasteiger charge is 2.34. The maximum atomic E-state index is 12.9. The zero-order chi connectivity index (χ0) is 19.4. The van der Waals surface area contributed by atoms with Crippen LogP contribution in [-0.2, 0) is 21.0 Å². The maximum absolute atomic E-state index is 12.9. The lowest BCUT2D eigenvalue weighted by Gasteiger charge is -2.20. The van der Waals surface area contributed by atoms with E-state index in [1.165, 1.54) is 0 Å². The lowest BCUT2D eigenvalue weighted by atomic mass is 10.2. The van der Waals surface area contributed by atoms with E-state index in [0.717, 1.165) is 37.8 Å². The van der Waals surface area contributed by atoms with Crippen molar-refractivity contribution in [2.24, 2.45) is 0 Å². The van der Waals surface area contributed by atoms with Crippen molar-refractivity contribution in [2.75, 3.05) is 19.6 Å². The van der Waals surface area contributed by atoms with Gasteiger partial charge in [-0.1, -0.05) is 24.4 Å². The summed E-state index contributed by atoms with van der Waals surface area (Å²) in [5.41, 5.74) is -1.22. The van der Waals surface area contributed by atoms with Crippen LogP contribution in [0.4, 0.5) is 13.2 Å². The molecule has 146 valence electrons. The summed E-state index contributed by atoms with van der Waals surface area (Å²) in [7, 11) is -4.17. The summed E-state index contributed by atoms with van der Waals surface area (Å²) in [5.74, 6) is -0.165. The van der Waals surface area contributed by atoms with Crippen LogP contribution in [0.5, 0.6) is 0 Å². The highest BCUT2D eigenvalue weighted by molar-refractivity contribution is 7.89. The Hall–Kier alpha value is -1.32. The van der Waals surface area contributed by atoms with E-state index in [1.54, 1.807) is 4.90 Å². The lowest BCUT2D eigenvalue weighted by molar-refractivity contribution is -0.137. The molecule has 0 radical (unpaired) electrons. The SMILES string of the molecule is O=C(CCNS(=O)(=O)c1ccc(Cl)c(C(F)(F)F)c1)N1CCCCCC1. The molecule has 1 aliphatic heterocycles. The molecule has 1 amide bonds. The van der Waals surface area contributed by atoms with Gasteiger partial charge in [-0.3, -0.25) is 4.79 Å². The van der Waals surface area contributed by atoms with Gasteiger partial charge in [0.15, 0.2) is 0 Å². The van der Waals surface area contributed by atoms with E-state index in [2.05, 4.69) is 4.72 Å². The zero-order valence-electron chi connectivity index (χ0n) is 14.0. The number of likely N-dealkylation sites (tertiary alicyclic amines) is 1. The largest absolute Gasteiger partial charge is 0.417 e. The number of hydrogen-bond donors (Lipinski definition) is 1. The number of sulfonamides is 1. The van der Waals surface area contributed by atoms with Crippen LogP contribution < -0.4 is 4.72 Å². The van der Waals surface area contributed by atoms with Crippen LogP contribution >= 0.6 is 11.6 Å². The molecule has 26 heavy (non-hydrogen) atoms. The fraction of sp³-hybridized carbons (Fsp3) is 0.562. The van der Waals surface area contributed by atoms with Gasteiger partial charge in [0, 0.05) is 26.1 Å². The van der Waals surface area contributed by atoms with Crippen molar-refractivity contribution in [3.8, 4) is 0 Å². The second-order valence-electron chi connectivity index (χ2n) is 6.08. The van der Waals surface area contributed by atoms with Crippen molar-refractivity contribution in [2.45, 2.75) is 43.2 Å². The molecule has 1 saturated heterocycles. The molecule has 5 nitrogen and oxygen atoms in total. The van der Waals surface area contributed by atoms with Crippen LogP contribution in [-0.4, -0.2) is 38.9 Å². The summed E-state index contributed by atoms with van der Waals surface area (Å²) in [6.45, 7) is 1.12. The number of alkyl halides is 3. The number of halogens is 4. The monoisotopic (exact) mass is 412 g/mol. The zero-order valence-corrected chi connectivity index (χ0v) is 15.6. The van der Waals surface area contributed by atoms with Crippen LogP contribution in [0.3, 0.4) is 0 Å². The Morgan fingerprint density at radius 2 is 1.77 bits per heavy atom. The van der Waals surface area contributed by atoms with Crippen molar-refractivity contribution < 1.29 is 26.4 Å². The molecule has 10 heteroatoms. The van der Waals surface area contributed by atoms with Gasteiger partial charge in [-0.2, -0.15) is 13.2 Å². The Morgan fingerprint density at radius 1 is 1.15 bits per heavy atom. The third-order valence-electron chi connectivity index (χ3n) is 4.14. The Labute approximate surface area is 155 Å². The van der Waals surface area contributed by atoms with E-state index >= 15 is 0 Å². The Bertz CT molecular complexity index is 746. The first-order valence-corrected chi connectivity index (χ1v) is 10.1. The Kier molecular flexibility index (Phi) is 6.92. The van der Waals surface area contributed by atoms with Crippen molar-refractivity contribution in [1.29, 1.82) is 0 Å². The number of carbonyl (C=O) groups excluding carboxylic acids is 1. The molecule has 0 unspecified atom stereocenters. The van der Waals surface area contributed by atoms with Crippen molar-refractivity contribution in [1.82, 2.24) is 9.62 Å². The highest BCUT2D eigenvalue weighted by atomic mass is 35.5. The van der Waals surface area contributed by atoms with Crippen LogP contribution in [0, 0.1) is 0 Å². The van der Waals surface area contributed by atoms with E-state index in [0.29, 0.717) is 19.2 Å². The number of nitrogens with zero attached hydrogens (tertiary/aromatic N) is 1. The van der Waals surface area contributed by atoms with Crippen LogP contribution in [0.1, 0.15) is 37.7 Å². The molecule has 1 N–H and O–H groups in total. The average Bonchev–Trinajstić information content (AvgIpc) is 2.83. The number of rotatable bonds is 5. The predicted molar refractivity (Wildman–Crippen MR) is 91.3 cm³/mol. The molecule has 0 saturated carbocycles. The fourth-order valence-corrected chi connectivity index (χ4v) is 4.02. The first-order chi connectivity index (χ1) is 12.1. The van der Waals surface area contributed by atoms with Gasteiger partial charge in [0.05, 0.1) is 15.5 Å². The van der Waals surface area contributed by atoms with E-state index in [9.17, 15) is 26.4 Å². The lowest BCUT2D eigenvalue weighted by Crippen LogP contribution is -2.35.